The largest absolute Gasteiger partial charge is 0.494 e. The van der Waals surface area contributed by atoms with E-state index in [1.807, 2.05) is 70.2 Å². The minimum atomic E-state index is -1.19. The van der Waals surface area contributed by atoms with Crippen molar-refractivity contribution < 1.29 is 29.0 Å². The summed E-state index contributed by atoms with van der Waals surface area (Å²) < 4.78 is 12.6. The molecule has 3 aliphatic rings. The normalized spacial score (nSPS) is 26.2. The number of aliphatic hydroxyl groups excluding tert-OH is 1. The van der Waals surface area contributed by atoms with Gasteiger partial charge in [0.05, 0.1) is 24.0 Å². The Labute approximate surface area is 272 Å². The smallest absolute Gasteiger partial charge is 0.253 e. The first-order valence-electron chi connectivity index (χ1n) is 16.4. The van der Waals surface area contributed by atoms with Gasteiger partial charge in [0.1, 0.15) is 17.4 Å². The van der Waals surface area contributed by atoms with E-state index in [4.69, 9.17) is 9.47 Å². The van der Waals surface area contributed by atoms with Crippen LogP contribution in [0.5, 0.6) is 5.75 Å². The van der Waals surface area contributed by atoms with Crippen molar-refractivity contribution in [2.45, 2.75) is 70.6 Å². The zero-order chi connectivity index (χ0) is 33.2. The number of hydrogen-bond acceptors (Lipinski definition) is 6. The predicted octanol–water partition coefficient (Wildman–Crippen LogP) is 4.98. The van der Waals surface area contributed by atoms with Crippen molar-refractivity contribution in [2.75, 3.05) is 42.6 Å². The number of anilines is 2. The van der Waals surface area contributed by atoms with Crippen molar-refractivity contribution in [3.63, 3.8) is 0 Å². The molecule has 246 valence electrons. The first-order valence-corrected chi connectivity index (χ1v) is 16.4. The second-order valence-electron chi connectivity index (χ2n) is 12.6. The SMILES string of the molecule is C=CCN(C(=O)[C@H]1[C@H]2C(=O)N(CCCO)C(C(=O)N(CC=C)c3c(C)cccc3C)C23CC[C@]1(CC)O3)c1ccc(OCC)cc1. The van der Waals surface area contributed by atoms with Crippen LogP contribution >= 0.6 is 0 Å². The Bertz CT molecular complexity index is 1470. The van der Waals surface area contributed by atoms with E-state index < -0.39 is 29.1 Å². The molecule has 1 spiro atoms. The lowest BCUT2D eigenvalue weighted by Gasteiger charge is -2.37. The van der Waals surface area contributed by atoms with Gasteiger partial charge < -0.3 is 29.3 Å². The van der Waals surface area contributed by atoms with Crippen LogP contribution in [0.15, 0.2) is 67.8 Å². The standard InChI is InChI=1S/C37H47N3O6/c1-7-21-38(27-15-17-28(18-16-27)45-10-4)33(42)29-30-34(43)40(23-12-24-41)32(37(30)20-19-36(29,9-3)46-37)35(44)39(22-8-2)31-25(5)13-11-14-26(31)6/h7-8,11,13-18,29-30,32,41H,1-2,9-10,12,19-24H2,3-6H3/t29-,30+,32?,36+,37?/m1/s1. The van der Waals surface area contributed by atoms with Crippen molar-refractivity contribution in [1.29, 1.82) is 0 Å². The molecule has 2 bridgehead atoms. The molecule has 0 radical (unpaired) electrons. The Kier molecular flexibility index (Phi) is 9.75. The zero-order valence-electron chi connectivity index (χ0n) is 27.5. The molecule has 3 heterocycles. The van der Waals surface area contributed by atoms with Gasteiger partial charge in [0.2, 0.25) is 11.8 Å². The maximum absolute atomic E-state index is 14.9. The molecular weight excluding hydrogens is 582 g/mol. The third-order valence-corrected chi connectivity index (χ3v) is 10.1. The zero-order valence-corrected chi connectivity index (χ0v) is 27.5. The molecule has 5 atom stereocenters. The quantitative estimate of drug-likeness (QED) is 0.296. The van der Waals surface area contributed by atoms with Crippen molar-refractivity contribution >= 4 is 29.1 Å². The number of aryl methyl sites for hydroxylation is 2. The Morgan fingerprint density at radius 2 is 1.67 bits per heavy atom. The van der Waals surface area contributed by atoms with E-state index in [0.717, 1.165) is 16.8 Å². The molecule has 9 heteroatoms. The van der Waals surface area contributed by atoms with E-state index in [1.165, 1.54) is 0 Å². The Morgan fingerprint density at radius 3 is 2.26 bits per heavy atom. The highest BCUT2D eigenvalue weighted by atomic mass is 16.5. The van der Waals surface area contributed by atoms with Gasteiger partial charge in [-0.15, -0.1) is 13.2 Å². The van der Waals surface area contributed by atoms with Crippen LogP contribution in [0.3, 0.4) is 0 Å². The highest BCUT2D eigenvalue weighted by molar-refractivity contribution is 6.07. The first-order chi connectivity index (χ1) is 22.1. The number of carbonyl (C=O) groups excluding carboxylic acids is 3. The molecule has 2 aromatic rings. The number of aliphatic hydroxyl groups is 1. The van der Waals surface area contributed by atoms with Crippen molar-refractivity contribution in [3.8, 4) is 5.75 Å². The van der Waals surface area contributed by atoms with E-state index in [0.29, 0.717) is 43.7 Å². The molecule has 5 rings (SSSR count). The summed E-state index contributed by atoms with van der Waals surface area (Å²) in [6.07, 6.45) is 5.21. The van der Waals surface area contributed by atoms with Crippen molar-refractivity contribution in [2.24, 2.45) is 11.8 Å². The van der Waals surface area contributed by atoms with Crippen LogP contribution in [0.1, 0.15) is 50.7 Å². The minimum absolute atomic E-state index is 0.136. The summed E-state index contributed by atoms with van der Waals surface area (Å²) in [4.78, 5) is 49.2. The molecule has 3 fully saturated rings. The Hall–Kier alpha value is -3.95. The van der Waals surface area contributed by atoms with Gasteiger partial charge in [-0.25, -0.2) is 0 Å². The van der Waals surface area contributed by atoms with E-state index in [-0.39, 0.29) is 44.0 Å². The fourth-order valence-corrected chi connectivity index (χ4v) is 8.16. The second-order valence-corrected chi connectivity index (χ2v) is 12.6. The van der Waals surface area contributed by atoms with Gasteiger partial charge in [0.15, 0.2) is 0 Å². The third-order valence-electron chi connectivity index (χ3n) is 10.1. The van der Waals surface area contributed by atoms with Crippen LogP contribution in [0.4, 0.5) is 11.4 Å². The lowest BCUT2D eigenvalue weighted by molar-refractivity contribution is -0.146. The van der Waals surface area contributed by atoms with Crippen molar-refractivity contribution in [1.82, 2.24) is 4.90 Å². The number of carbonyl (C=O) groups is 3. The summed E-state index contributed by atoms with van der Waals surface area (Å²) in [7, 11) is 0. The second kappa shape index (κ2) is 13.4. The fraction of sp³-hybridized carbons (Fsp3) is 0.486. The van der Waals surface area contributed by atoms with Gasteiger partial charge in [-0.05, 0) is 81.8 Å². The van der Waals surface area contributed by atoms with Crippen LogP contribution in [-0.4, -0.2) is 77.8 Å². The Morgan fingerprint density at radius 1 is 1.02 bits per heavy atom. The highest BCUT2D eigenvalue weighted by Crippen LogP contribution is 2.65. The van der Waals surface area contributed by atoms with Crippen LogP contribution in [0, 0.1) is 25.7 Å². The monoisotopic (exact) mass is 629 g/mol. The van der Waals surface area contributed by atoms with E-state index in [1.54, 1.807) is 26.9 Å². The molecule has 0 saturated carbocycles. The van der Waals surface area contributed by atoms with Gasteiger partial charge in [0, 0.05) is 37.6 Å². The molecule has 3 amide bonds. The predicted molar refractivity (Wildman–Crippen MR) is 179 cm³/mol. The number of amides is 3. The molecule has 46 heavy (non-hydrogen) atoms. The molecule has 3 aliphatic heterocycles. The summed E-state index contributed by atoms with van der Waals surface area (Å²) in [5.74, 6) is -1.71. The highest BCUT2D eigenvalue weighted by Gasteiger charge is 2.79. The van der Waals surface area contributed by atoms with Crippen molar-refractivity contribution in [3.05, 3.63) is 78.9 Å². The molecule has 2 aromatic carbocycles. The van der Waals surface area contributed by atoms with Gasteiger partial charge in [-0.3, -0.25) is 14.4 Å². The average molecular weight is 630 g/mol. The molecule has 1 N–H and O–H groups in total. The first kappa shape index (κ1) is 33.4. The maximum Gasteiger partial charge on any atom is 0.253 e. The van der Waals surface area contributed by atoms with Crippen LogP contribution < -0.4 is 14.5 Å². The van der Waals surface area contributed by atoms with Gasteiger partial charge in [-0.1, -0.05) is 37.3 Å². The number of hydrogen-bond donors (Lipinski definition) is 1. The van der Waals surface area contributed by atoms with E-state index >= 15 is 0 Å². The molecule has 3 saturated heterocycles. The van der Waals surface area contributed by atoms with E-state index in [9.17, 15) is 19.5 Å². The molecule has 0 aliphatic carbocycles. The number of fused-ring (bicyclic) bond motifs is 1. The van der Waals surface area contributed by atoms with Crippen LogP contribution in [-0.2, 0) is 19.1 Å². The number of ether oxygens (including phenoxy) is 2. The maximum atomic E-state index is 14.9. The number of nitrogens with zero attached hydrogens (tertiary/aromatic N) is 3. The third kappa shape index (κ3) is 5.33. The summed E-state index contributed by atoms with van der Waals surface area (Å²) in [5.41, 5.74) is 1.22. The van der Waals surface area contributed by atoms with Gasteiger partial charge in [-0.2, -0.15) is 0 Å². The lowest BCUT2D eigenvalue weighted by atomic mass is 9.64. The minimum Gasteiger partial charge on any atom is -0.494 e. The number of rotatable bonds is 14. The van der Waals surface area contributed by atoms with Crippen LogP contribution in [0.2, 0.25) is 0 Å². The summed E-state index contributed by atoms with van der Waals surface area (Å²) in [6, 6.07) is 12.2. The number of likely N-dealkylation sites (tertiary alicyclic amines) is 1. The molecule has 9 nitrogen and oxygen atoms in total. The molecular formula is C37H47N3O6. The topological polar surface area (TPSA) is 99.6 Å². The Balaban J connectivity index is 1.60. The summed E-state index contributed by atoms with van der Waals surface area (Å²) in [5, 5.41) is 9.79. The molecule has 2 unspecified atom stereocenters. The fourth-order valence-electron chi connectivity index (χ4n) is 8.16. The summed E-state index contributed by atoms with van der Waals surface area (Å²) >= 11 is 0. The van der Waals surface area contributed by atoms with E-state index in [2.05, 4.69) is 13.2 Å². The number of benzene rings is 2. The van der Waals surface area contributed by atoms with Gasteiger partial charge in [0.25, 0.3) is 5.91 Å². The number of para-hydroxylation sites is 1. The van der Waals surface area contributed by atoms with Gasteiger partial charge >= 0.3 is 0 Å². The lowest BCUT2D eigenvalue weighted by Crippen LogP contribution is -2.57. The van der Waals surface area contributed by atoms with Crippen LogP contribution in [0.25, 0.3) is 0 Å². The molecule has 0 aromatic heterocycles. The summed E-state index contributed by atoms with van der Waals surface area (Å²) in [6.45, 7) is 16.7. The average Bonchev–Trinajstić information content (AvgIpc) is 3.65.